The first-order chi connectivity index (χ1) is 6.58. The van der Waals surface area contributed by atoms with Crippen molar-refractivity contribution in [2.75, 3.05) is 5.32 Å². The fourth-order valence-electron chi connectivity index (χ4n) is 0.828. The zero-order valence-electron chi connectivity index (χ0n) is 7.20. The van der Waals surface area contributed by atoms with E-state index in [-0.39, 0.29) is 11.1 Å². The molecule has 0 amide bonds. The normalized spacial score (nSPS) is 11.1. The molecular formula is C8H9ClN4S. The number of hydrogen-bond acceptors (Lipinski definition) is 1. The zero-order valence-corrected chi connectivity index (χ0v) is 8.77. The molecule has 0 atom stereocenters. The van der Waals surface area contributed by atoms with Crippen molar-refractivity contribution in [3.8, 4) is 0 Å². The van der Waals surface area contributed by atoms with Crippen LogP contribution >= 0.6 is 23.8 Å². The number of hydrogen-bond donors (Lipinski definition) is 3. The maximum Gasteiger partial charge on any atom is 0.200 e. The first-order valence-corrected chi connectivity index (χ1v) is 4.53. The summed E-state index contributed by atoms with van der Waals surface area (Å²) in [7, 11) is 0. The van der Waals surface area contributed by atoms with Crippen molar-refractivity contribution in [1.82, 2.24) is 0 Å². The van der Waals surface area contributed by atoms with Crippen LogP contribution in [0.2, 0.25) is 5.02 Å². The molecule has 0 saturated carbocycles. The van der Waals surface area contributed by atoms with Gasteiger partial charge in [0.05, 0.1) is 0 Å². The fraction of sp³-hybridized carbons (Fsp3) is 0. The van der Waals surface area contributed by atoms with E-state index in [0.717, 1.165) is 5.69 Å². The quantitative estimate of drug-likeness (QED) is 0.385. The van der Waals surface area contributed by atoms with E-state index < -0.39 is 0 Å². The van der Waals surface area contributed by atoms with Crippen molar-refractivity contribution in [3.05, 3.63) is 29.3 Å². The minimum Gasteiger partial charge on any atom is -0.374 e. The van der Waals surface area contributed by atoms with Crippen LogP contribution in [0.4, 0.5) is 5.69 Å². The molecule has 1 aromatic rings. The van der Waals surface area contributed by atoms with Crippen LogP contribution in [-0.4, -0.2) is 11.1 Å². The van der Waals surface area contributed by atoms with Crippen molar-refractivity contribution in [1.29, 1.82) is 0 Å². The molecule has 0 spiro atoms. The Labute approximate surface area is 91.9 Å². The lowest BCUT2D eigenvalue weighted by Gasteiger charge is -2.04. The Hall–Kier alpha value is -1.33. The van der Waals surface area contributed by atoms with Gasteiger partial charge in [-0.3, -0.25) is 0 Å². The summed E-state index contributed by atoms with van der Waals surface area (Å²) in [6, 6.07) is 7.00. The summed E-state index contributed by atoms with van der Waals surface area (Å²) in [6.45, 7) is 0. The number of rotatable bonds is 1. The molecule has 74 valence electrons. The Morgan fingerprint density at radius 1 is 1.29 bits per heavy atom. The topological polar surface area (TPSA) is 76.4 Å². The zero-order chi connectivity index (χ0) is 10.6. The maximum atomic E-state index is 5.70. The van der Waals surface area contributed by atoms with Gasteiger partial charge in [-0.1, -0.05) is 11.6 Å². The maximum absolute atomic E-state index is 5.70. The van der Waals surface area contributed by atoms with E-state index >= 15 is 0 Å². The minimum absolute atomic E-state index is 0.0102. The molecule has 0 aliphatic heterocycles. The second-order valence-electron chi connectivity index (χ2n) is 2.47. The van der Waals surface area contributed by atoms with Crippen molar-refractivity contribution in [3.63, 3.8) is 0 Å². The predicted octanol–water partition coefficient (Wildman–Crippen LogP) is 1.31. The lowest BCUT2D eigenvalue weighted by molar-refractivity contribution is 1.49. The van der Waals surface area contributed by atoms with Gasteiger partial charge in [-0.05, 0) is 36.5 Å². The highest BCUT2D eigenvalue weighted by atomic mass is 35.5. The molecule has 4 nitrogen and oxygen atoms in total. The number of aliphatic imine (C=N–C) groups is 1. The van der Waals surface area contributed by atoms with Crippen LogP contribution in [0.25, 0.3) is 0 Å². The van der Waals surface area contributed by atoms with E-state index in [1.807, 2.05) is 0 Å². The van der Waals surface area contributed by atoms with Gasteiger partial charge in [0, 0.05) is 10.7 Å². The third kappa shape index (κ3) is 3.59. The Bertz CT molecular complexity index is 360. The van der Waals surface area contributed by atoms with E-state index in [4.69, 9.17) is 23.1 Å². The van der Waals surface area contributed by atoms with Gasteiger partial charge in [-0.15, -0.1) is 0 Å². The van der Waals surface area contributed by atoms with Crippen LogP contribution in [0.5, 0.6) is 0 Å². The van der Waals surface area contributed by atoms with Gasteiger partial charge >= 0.3 is 0 Å². The van der Waals surface area contributed by atoms with Crippen molar-refractivity contribution in [2.24, 2.45) is 16.5 Å². The largest absolute Gasteiger partial charge is 0.374 e. The summed E-state index contributed by atoms with van der Waals surface area (Å²) >= 11 is 10.3. The van der Waals surface area contributed by atoms with E-state index in [2.05, 4.69) is 22.5 Å². The van der Waals surface area contributed by atoms with Gasteiger partial charge in [-0.2, -0.15) is 4.99 Å². The number of halogens is 1. The molecule has 1 aromatic carbocycles. The van der Waals surface area contributed by atoms with E-state index in [1.54, 1.807) is 24.3 Å². The summed E-state index contributed by atoms with van der Waals surface area (Å²) in [6.07, 6.45) is 0. The molecule has 6 heteroatoms. The summed E-state index contributed by atoms with van der Waals surface area (Å²) in [4.78, 5) is 3.65. The van der Waals surface area contributed by atoms with Gasteiger partial charge in [0.2, 0.25) is 5.96 Å². The summed E-state index contributed by atoms with van der Waals surface area (Å²) in [5, 5.41) is 3.44. The number of guanidine groups is 1. The standard InChI is InChI=1S/C8H9ClN4S/c9-5-1-3-6(4-2-5)12-7(10)13-8(11)14/h1-4H,(H5,10,11,12,13,14). The Kier molecular flexibility index (Phi) is 3.67. The first kappa shape index (κ1) is 10.7. The molecule has 0 aliphatic carbocycles. The second kappa shape index (κ2) is 4.78. The second-order valence-corrected chi connectivity index (χ2v) is 3.32. The van der Waals surface area contributed by atoms with Crippen molar-refractivity contribution >= 4 is 40.6 Å². The molecule has 0 heterocycles. The molecule has 0 bridgehead atoms. The number of nitrogens with one attached hydrogen (secondary N) is 1. The van der Waals surface area contributed by atoms with Crippen molar-refractivity contribution < 1.29 is 0 Å². The number of nitrogens with two attached hydrogens (primary N) is 2. The van der Waals surface area contributed by atoms with Crippen molar-refractivity contribution in [2.45, 2.75) is 0 Å². The molecule has 0 saturated heterocycles. The number of benzene rings is 1. The van der Waals surface area contributed by atoms with Gasteiger partial charge in [0.15, 0.2) is 5.11 Å². The lowest BCUT2D eigenvalue weighted by atomic mass is 10.3. The lowest BCUT2D eigenvalue weighted by Crippen LogP contribution is -2.25. The first-order valence-electron chi connectivity index (χ1n) is 3.74. The molecule has 0 unspecified atom stereocenters. The average molecular weight is 229 g/mol. The smallest absolute Gasteiger partial charge is 0.200 e. The Balaban J connectivity index is 2.69. The summed E-state index contributed by atoms with van der Waals surface area (Å²) in [5.41, 5.74) is 11.4. The third-order valence-corrected chi connectivity index (χ3v) is 1.69. The van der Waals surface area contributed by atoms with Crippen LogP contribution < -0.4 is 16.8 Å². The van der Waals surface area contributed by atoms with Gasteiger partial charge in [0.1, 0.15) is 0 Å². The molecular weight excluding hydrogens is 220 g/mol. The predicted molar refractivity (Wildman–Crippen MR) is 63.5 cm³/mol. The fourth-order valence-corrected chi connectivity index (χ4v) is 1.05. The summed E-state index contributed by atoms with van der Waals surface area (Å²) in [5.74, 6) is 0.153. The number of anilines is 1. The molecule has 0 fully saturated rings. The average Bonchev–Trinajstić information content (AvgIpc) is 2.07. The van der Waals surface area contributed by atoms with Crippen LogP contribution in [0.3, 0.4) is 0 Å². The van der Waals surface area contributed by atoms with E-state index in [9.17, 15) is 0 Å². The van der Waals surface area contributed by atoms with Crippen LogP contribution in [-0.2, 0) is 0 Å². The van der Waals surface area contributed by atoms with Crippen LogP contribution in [0, 0.1) is 0 Å². The molecule has 5 N–H and O–H groups in total. The van der Waals surface area contributed by atoms with Crippen LogP contribution in [0.1, 0.15) is 0 Å². The molecule has 1 rings (SSSR count). The molecule has 0 aromatic heterocycles. The minimum atomic E-state index is -0.0102. The monoisotopic (exact) mass is 228 g/mol. The molecule has 14 heavy (non-hydrogen) atoms. The highest BCUT2D eigenvalue weighted by molar-refractivity contribution is 7.80. The van der Waals surface area contributed by atoms with Gasteiger partial charge in [-0.25, -0.2) is 0 Å². The van der Waals surface area contributed by atoms with Crippen LogP contribution in [0.15, 0.2) is 29.3 Å². The Morgan fingerprint density at radius 2 is 1.86 bits per heavy atom. The number of thiocarbonyl (C=S) groups is 1. The van der Waals surface area contributed by atoms with Gasteiger partial charge < -0.3 is 16.8 Å². The van der Waals surface area contributed by atoms with E-state index in [0.29, 0.717) is 5.02 Å². The summed E-state index contributed by atoms with van der Waals surface area (Å²) < 4.78 is 0. The highest BCUT2D eigenvalue weighted by Gasteiger charge is 1.95. The van der Waals surface area contributed by atoms with Gasteiger partial charge in [0.25, 0.3) is 0 Å². The molecule has 0 radical (unpaired) electrons. The number of nitrogens with zero attached hydrogens (tertiary/aromatic N) is 1. The Morgan fingerprint density at radius 3 is 2.36 bits per heavy atom. The SMILES string of the molecule is NC(=S)/N=C(\N)Nc1ccc(Cl)cc1. The highest BCUT2D eigenvalue weighted by Crippen LogP contribution is 2.12. The van der Waals surface area contributed by atoms with E-state index in [1.165, 1.54) is 0 Å². The molecule has 0 aliphatic rings. The third-order valence-electron chi connectivity index (χ3n) is 1.35.